The number of anilines is 2. The zero-order valence-electron chi connectivity index (χ0n) is 19.5. The van der Waals surface area contributed by atoms with E-state index in [-0.39, 0.29) is 19.1 Å². The summed E-state index contributed by atoms with van der Waals surface area (Å²) in [6.07, 6.45) is -2.03. The Morgan fingerprint density at radius 1 is 1.20 bits per heavy atom. The molecule has 11 heteroatoms. The molecule has 5 rings (SSSR count). The van der Waals surface area contributed by atoms with E-state index in [2.05, 4.69) is 50.0 Å². The summed E-state index contributed by atoms with van der Waals surface area (Å²) in [5, 5.41) is 21.1. The van der Waals surface area contributed by atoms with Crippen molar-refractivity contribution in [2.75, 3.05) is 36.5 Å². The van der Waals surface area contributed by atoms with Crippen LogP contribution in [0.1, 0.15) is 25.5 Å². The van der Waals surface area contributed by atoms with Crippen molar-refractivity contribution in [2.24, 2.45) is 11.8 Å². The highest BCUT2D eigenvalue weighted by Gasteiger charge is 2.50. The van der Waals surface area contributed by atoms with Gasteiger partial charge in [0.05, 0.1) is 17.5 Å². The number of nitrogens with zero attached hydrogens (tertiary/aromatic N) is 5. The summed E-state index contributed by atoms with van der Waals surface area (Å²) < 4.78 is 43.8. The predicted molar refractivity (Wildman–Crippen MR) is 132 cm³/mol. The molecule has 7 nitrogen and oxygen atoms in total. The first-order valence-corrected chi connectivity index (χ1v) is 12.5. The van der Waals surface area contributed by atoms with Crippen molar-refractivity contribution in [1.29, 1.82) is 0 Å². The van der Waals surface area contributed by atoms with Crippen LogP contribution in [0.15, 0.2) is 35.8 Å². The second kappa shape index (κ2) is 9.27. The maximum absolute atomic E-state index is 13.6. The summed E-state index contributed by atoms with van der Waals surface area (Å²) in [5.41, 5.74) is 1.75. The van der Waals surface area contributed by atoms with Crippen LogP contribution < -0.4 is 10.2 Å². The maximum Gasteiger partial charge on any atom is 0.393 e. The number of hydrogen-bond acceptors (Lipinski definition) is 7. The Bertz CT molecular complexity index is 1330. The molecule has 0 aliphatic carbocycles. The van der Waals surface area contributed by atoms with E-state index in [0.717, 1.165) is 6.42 Å². The van der Waals surface area contributed by atoms with E-state index in [1.165, 1.54) is 15.6 Å². The van der Waals surface area contributed by atoms with Crippen LogP contribution in [-0.4, -0.2) is 57.3 Å². The summed E-state index contributed by atoms with van der Waals surface area (Å²) in [7, 11) is 0. The molecule has 0 radical (unpaired) electrons. The maximum atomic E-state index is 13.6. The van der Waals surface area contributed by atoms with E-state index < -0.39 is 24.6 Å². The van der Waals surface area contributed by atoms with Crippen LogP contribution in [0.25, 0.3) is 21.1 Å². The second-order valence-corrected chi connectivity index (χ2v) is 10.2. The minimum atomic E-state index is -4.39. The van der Waals surface area contributed by atoms with E-state index in [0.29, 0.717) is 29.3 Å². The second-order valence-electron chi connectivity index (χ2n) is 9.26. The Hall–Kier alpha value is -2.92. The summed E-state index contributed by atoms with van der Waals surface area (Å²) >= 11 is 1.70. The van der Waals surface area contributed by atoms with Gasteiger partial charge in [-0.15, -0.1) is 11.3 Å². The van der Waals surface area contributed by atoms with E-state index in [9.17, 15) is 18.3 Å². The number of aromatic nitrogens is 4. The number of alkyl halides is 3. The van der Waals surface area contributed by atoms with Gasteiger partial charge in [-0.05, 0) is 48.7 Å². The molecule has 4 heterocycles. The van der Waals surface area contributed by atoms with Gasteiger partial charge < -0.3 is 15.3 Å². The monoisotopic (exact) mass is 504 g/mol. The number of nitrogens with one attached hydrogen (secondary N) is 1. The molecule has 0 bridgehead atoms. The molecule has 35 heavy (non-hydrogen) atoms. The fourth-order valence-corrected chi connectivity index (χ4v) is 5.47. The lowest BCUT2D eigenvalue weighted by Crippen LogP contribution is -2.31. The van der Waals surface area contributed by atoms with Gasteiger partial charge in [-0.25, -0.2) is 4.68 Å². The third-order valence-electron chi connectivity index (χ3n) is 6.53. The first-order chi connectivity index (χ1) is 16.7. The topological polar surface area (TPSA) is 79.1 Å². The summed E-state index contributed by atoms with van der Waals surface area (Å²) in [6, 6.07) is 8.48. The number of rotatable bonds is 7. The van der Waals surface area contributed by atoms with E-state index in [1.54, 1.807) is 27.1 Å². The molecular weight excluding hydrogens is 477 g/mol. The van der Waals surface area contributed by atoms with Gasteiger partial charge in [-0.3, -0.25) is 0 Å². The molecule has 0 saturated carbocycles. The number of aliphatic hydroxyl groups excluding tert-OH is 1. The van der Waals surface area contributed by atoms with Gasteiger partial charge in [-0.1, -0.05) is 12.1 Å². The number of fused-ring (bicyclic) bond motifs is 2. The van der Waals surface area contributed by atoms with Gasteiger partial charge in [0, 0.05) is 42.9 Å². The average Bonchev–Trinajstić information content (AvgIpc) is 3.55. The van der Waals surface area contributed by atoms with Crippen LogP contribution in [0.3, 0.4) is 0 Å². The fourth-order valence-electron chi connectivity index (χ4n) is 4.70. The molecule has 2 N–H and O–H groups in total. The molecule has 0 spiro atoms. The van der Waals surface area contributed by atoms with Crippen molar-refractivity contribution in [3.63, 3.8) is 0 Å². The Morgan fingerprint density at radius 3 is 2.74 bits per heavy atom. The van der Waals surface area contributed by atoms with Crippen molar-refractivity contribution in [2.45, 2.75) is 32.5 Å². The molecule has 1 saturated heterocycles. The van der Waals surface area contributed by atoms with Crippen LogP contribution in [0, 0.1) is 11.8 Å². The number of hydrogen-bond donors (Lipinski definition) is 2. The minimum Gasteiger partial charge on any atom is -0.396 e. The Balaban J connectivity index is 1.42. The molecule has 4 aromatic rings. The highest BCUT2D eigenvalue weighted by molar-refractivity contribution is 7.17. The van der Waals surface area contributed by atoms with Crippen molar-refractivity contribution >= 4 is 44.2 Å². The summed E-state index contributed by atoms with van der Waals surface area (Å²) in [6.45, 7) is 3.80. The lowest BCUT2D eigenvalue weighted by molar-refractivity contribution is -0.181. The normalized spacial score (nSPS) is 18.9. The Kier molecular flexibility index (Phi) is 6.30. The van der Waals surface area contributed by atoms with Crippen LogP contribution in [0.4, 0.5) is 24.9 Å². The predicted octanol–water partition coefficient (Wildman–Crippen LogP) is 4.88. The fraction of sp³-hybridized carbons (Fsp3) is 0.458. The lowest BCUT2D eigenvalue weighted by Gasteiger charge is -2.20. The van der Waals surface area contributed by atoms with Gasteiger partial charge >= 0.3 is 6.18 Å². The highest BCUT2D eigenvalue weighted by Crippen LogP contribution is 2.40. The molecule has 0 unspecified atom stereocenters. The molecule has 186 valence electrons. The molecule has 1 fully saturated rings. The molecule has 1 aliphatic heterocycles. The van der Waals surface area contributed by atoms with Gasteiger partial charge in [0.1, 0.15) is 5.82 Å². The van der Waals surface area contributed by atoms with Crippen molar-refractivity contribution in [3.05, 3.63) is 41.4 Å². The SMILES string of the molecule is CC(C)n1ncc2c(N3C[C@@H](CO)[C@H](C(F)(F)F)C3)nc(NCCc3ccc4sccc4c3)nc21. The van der Waals surface area contributed by atoms with Gasteiger partial charge in [-0.2, -0.15) is 28.2 Å². The number of thiophene rings is 1. The van der Waals surface area contributed by atoms with E-state index in [1.807, 2.05) is 13.8 Å². The first kappa shape index (κ1) is 23.8. The highest BCUT2D eigenvalue weighted by atomic mass is 32.1. The van der Waals surface area contributed by atoms with Crippen molar-refractivity contribution in [1.82, 2.24) is 19.7 Å². The third kappa shape index (κ3) is 4.66. The summed E-state index contributed by atoms with van der Waals surface area (Å²) in [5.74, 6) is -1.75. The van der Waals surface area contributed by atoms with Crippen LogP contribution >= 0.6 is 11.3 Å². The zero-order valence-corrected chi connectivity index (χ0v) is 20.3. The number of benzene rings is 1. The summed E-state index contributed by atoms with van der Waals surface area (Å²) in [4.78, 5) is 10.9. The van der Waals surface area contributed by atoms with Crippen LogP contribution in [-0.2, 0) is 6.42 Å². The van der Waals surface area contributed by atoms with Crippen molar-refractivity contribution < 1.29 is 18.3 Å². The number of aliphatic hydroxyl groups is 1. The Labute approximate surface area is 204 Å². The van der Waals surface area contributed by atoms with Crippen molar-refractivity contribution in [3.8, 4) is 0 Å². The Morgan fingerprint density at radius 2 is 2.03 bits per heavy atom. The van der Waals surface area contributed by atoms with E-state index in [4.69, 9.17) is 0 Å². The van der Waals surface area contributed by atoms with Crippen LogP contribution in [0.2, 0.25) is 0 Å². The lowest BCUT2D eigenvalue weighted by atomic mass is 9.97. The standard InChI is InChI=1S/C24H27F3N6OS/c1-14(2)33-22-18(10-29-33)21(32-11-17(13-34)19(12-32)24(25,26)27)30-23(31-22)28-7-5-15-3-4-20-16(9-15)6-8-35-20/h3-4,6,8-10,14,17,19,34H,5,7,11-13H2,1-2H3,(H,28,30,31)/t17-,19+/m0/s1. The molecule has 1 aliphatic rings. The molecule has 0 amide bonds. The van der Waals surface area contributed by atoms with Crippen LogP contribution in [0.5, 0.6) is 0 Å². The van der Waals surface area contributed by atoms with E-state index >= 15 is 0 Å². The molecular formula is C24H27F3N6OS. The number of halogens is 3. The quantitative estimate of drug-likeness (QED) is 0.373. The first-order valence-electron chi connectivity index (χ1n) is 11.6. The van der Waals surface area contributed by atoms with Gasteiger partial charge in [0.25, 0.3) is 0 Å². The van der Waals surface area contributed by atoms with Gasteiger partial charge in [0.2, 0.25) is 5.95 Å². The third-order valence-corrected chi connectivity index (χ3v) is 7.43. The molecule has 3 aromatic heterocycles. The zero-order chi connectivity index (χ0) is 24.7. The smallest absolute Gasteiger partial charge is 0.393 e. The van der Waals surface area contributed by atoms with Gasteiger partial charge in [0.15, 0.2) is 5.65 Å². The average molecular weight is 505 g/mol. The molecule has 2 atom stereocenters. The minimum absolute atomic E-state index is 0.0205. The molecule has 1 aromatic carbocycles. The largest absolute Gasteiger partial charge is 0.396 e.